The van der Waals surface area contributed by atoms with E-state index in [0.29, 0.717) is 5.65 Å². The van der Waals surface area contributed by atoms with Gasteiger partial charge in [-0.25, -0.2) is 4.98 Å². The first-order valence-corrected chi connectivity index (χ1v) is 6.62. The molecule has 2 aromatic heterocycles. The van der Waals surface area contributed by atoms with E-state index < -0.39 is 0 Å². The Labute approximate surface area is 114 Å². The zero-order valence-corrected chi connectivity index (χ0v) is 10.8. The third kappa shape index (κ3) is 1.30. The van der Waals surface area contributed by atoms with Gasteiger partial charge in [0.2, 0.25) is 5.95 Å². The summed E-state index contributed by atoms with van der Waals surface area (Å²) in [5.41, 5.74) is 6.90. The minimum absolute atomic E-state index is 0.0193. The van der Waals surface area contributed by atoms with Crippen molar-refractivity contribution in [2.75, 3.05) is 5.73 Å². The summed E-state index contributed by atoms with van der Waals surface area (Å²) in [7, 11) is 0. The van der Waals surface area contributed by atoms with Crippen molar-refractivity contribution in [2.45, 2.75) is 31.4 Å². The number of nitrogen functional groups attached to an aromatic ring is 1. The maximum absolute atomic E-state index is 11.8. The molecule has 0 radical (unpaired) electrons. The van der Waals surface area contributed by atoms with Crippen molar-refractivity contribution >= 4 is 17.1 Å². The van der Waals surface area contributed by atoms with Crippen LogP contribution in [-0.4, -0.2) is 30.7 Å². The summed E-state index contributed by atoms with van der Waals surface area (Å²) >= 11 is 0. The van der Waals surface area contributed by atoms with Crippen LogP contribution in [0.1, 0.15) is 25.3 Å². The number of rotatable bonds is 1. The molecule has 7 heteroatoms. The van der Waals surface area contributed by atoms with Crippen molar-refractivity contribution in [3.8, 4) is 0 Å². The summed E-state index contributed by atoms with van der Waals surface area (Å²) in [5.74, 6) is 0.0778. The molecule has 1 spiro atoms. The lowest BCUT2D eigenvalue weighted by Crippen LogP contribution is -2.14. The molecule has 2 heterocycles. The third-order valence-electron chi connectivity index (χ3n) is 4.73. The quantitative estimate of drug-likeness (QED) is 0.649. The molecule has 104 valence electrons. The highest BCUT2D eigenvalue weighted by Gasteiger charge is 2.60. The fraction of sp³-hybridized carbons (Fsp3) is 0.462. The second-order valence-electron chi connectivity index (χ2n) is 5.73. The SMILES string of the molecule is C=C1[C@@H](n2cnc3c(=O)[nH]c(N)nc32)CC[C@@]12CC2O. The van der Waals surface area contributed by atoms with Gasteiger partial charge in [0.1, 0.15) is 0 Å². The minimum Gasteiger partial charge on any atom is -0.392 e. The number of aliphatic hydroxyl groups excluding tert-OH is 1. The van der Waals surface area contributed by atoms with Crippen LogP contribution in [0.15, 0.2) is 23.3 Å². The Kier molecular flexibility index (Phi) is 2.03. The van der Waals surface area contributed by atoms with Crippen molar-refractivity contribution in [1.82, 2.24) is 19.5 Å². The fourth-order valence-corrected chi connectivity index (χ4v) is 3.44. The molecule has 2 aliphatic carbocycles. The van der Waals surface area contributed by atoms with Gasteiger partial charge in [-0.05, 0) is 24.8 Å². The molecular formula is C13H15N5O2. The molecule has 4 rings (SSSR count). The second-order valence-corrected chi connectivity index (χ2v) is 5.73. The molecule has 7 nitrogen and oxygen atoms in total. The highest BCUT2D eigenvalue weighted by molar-refractivity contribution is 5.71. The van der Waals surface area contributed by atoms with E-state index in [1.165, 1.54) is 0 Å². The van der Waals surface area contributed by atoms with Gasteiger partial charge in [-0.1, -0.05) is 6.58 Å². The number of fused-ring (bicyclic) bond motifs is 1. The lowest BCUT2D eigenvalue weighted by Gasteiger charge is -2.16. The average molecular weight is 273 g/mol. The average Bonchev–Trinajstić information content (AvgIpc) is 2.73. The normalized spacial score (nSPS) is 32.4. The number of aliphatic hydroxyl groups is 1. The number of H-pyrrole nitrogens is 1. The molecule has 2 aliphatic rings. The molecule has 3 atom stereocenters. The van der Waals surface area contributed by atoms with E-state index >= 15 is 0 Å². The van der Waals surface area contributed by atoms with E-state index in [9.17, 15) is 9.90 Å². The lowest BCUT2D eigenvalue weighted by molar-refractivity contribution is 0.236. The molecule has 20 heavy (non-hydrogen) atoms. The monoisotopic (exact) mass is 273 g/mol. The summed E-state index contributed by atoms with van der Waals surface area (Å²) in [5, 5.41) is 9.83. The van der Waals surface area contributed by atoms with Crippen LogP contribution in [0.25, 0.3) is 11.2 Å². The molecule has 0 bridgehead atoms. The Morgan fingerprint density at radius 3 is 3.00 bits per heavy atom. The molecule has 4 N–H and O–H groups in total. The number of hydrogen-bond donors (Lipinski definition) is 3. The Balaban J connectivity index is 1.84. The molecule has 1 unspecified atom stereocenters. The van der Waals surface area contributed by atoms with Crippen LogP contribution in [0.5, 0.6) is 0 Å². The molecule has 0 aliphatic heterocycles. The number of aromatic nitrogens is 4. The van der Waals surface area contributed by atoms with E-state index in [0.717, 1.165) is 24.8 Å². The number of nitrogens with zero attached hydrogens (tertiary/aromatic N) is 3. The number of imidazole rings is 1. The van der Waals surface area contributed by atoms with Crippen molar-refractivity contribution in [1.29, 1.82) is 0 Å². The van der Waals surface area contributed by atoms with Crippen molar-refractivity contribution < 1.29 is 5.11 Å². The van der Waals surface area contributed by atoms with Crippen LogP contribution in [0.3, 0.4) is 0 Å². The predicted octanol–water partition coefficient (Wildman–Crippen LogP) is 0.344. The zero-order valence-electron chi connectivity index (χ0n) is 10.8. The molecule has 0 saturated heterocycles. The standard InChI is InChI=1S/C13H15N5O2/c1-6-7(2-3-13(6)4-8(13)19)18-5-15-9-10(18)16-12(14)17-11(9)20/h5,7-8,19H,1-4H2,(H3,14,16,17,20)/t7-,8?,13+/m0/s1. The van der Waals surface area contributed by atoms with Gasteiger partial charge >= 0.3 is 0 Å². The van der Waals surface area contributed by atoms with Gasteiger partial charge in [0.25, 0.3) is 5.56 Å². The van der Waals surface area contributed by atoms with Crippen LogP contribution in [0, 0.1) is 5.41 Å². The van der Waals surface area contributed by atoms with Gasteiger partial charge < -0.3 is 15.4 Å². The Morgan fingerprint density at radius 2 is 2.35 bits per heavy atom. The van der Waals surface area contributed by atoms with Gasteiger partial charge in [0.05, 0.1) is 18.5 Å². The summed E-state index contributed by atoms with van der Waals surface area (Å²) < 4.78 is 1.85. The van der Waals surface area contributed by atoms with E-state index in [1.807, 2.05) is 4.57 Å². The van der Waals surface area contributed by atoms with Crippen LogP contribution in [0.2, 0.25) is 0 Å². The molecule has 2 fully saturated rings. The van der Waals surface area contributed by atoms with Gasteiger partial charge in [0, 0.05) is 5.41 Å². The fourth-order valence-electron chi connectivity index (χ4n) is 3.44. The summed E-state index contributed by atoms with van der Waals surface area (Å²) in [4.78, 5) is 22.5. The first-order valence-electron chi connectivity index (χ1n) is 6.62. The summed E-state index contributed by atoms with van der Waals surface area (Å²) in [6.07, 6.45) is 3.89. The van der Waals surface area contributed by atoms with Gasteiger partial charge in [-0.15, -0.1) is 0 Å². The summed E-state index contributed by atoms with van der Waals surface area (Å²) in [6.45, 7) is 4.16. The smallest absolute Gasteiger partial charge is 0.280 e. The Morgan fingerprint density at radius 1 is 1.60 bits per heavy atom. The minimum atomic E-state index is -0.337. The molecular weight excluding hydrogens is 258 g/mol. The lowest BCUT2D eigenvalue weighted by atomic mass is 9.99. The molecule has 2 aromatic rings. The third-order valence-corrected chi connectivity index (χ3v) is 4.73. The molecule has 0 aromatic carbocycles. The second kappa shape index (κ2) is 3.49. The van der Waals surface area contributed by atoms with Gasteiger partial charge in [-0.3, -0.25) is 9.78 Å². The molecule has 0 amide bonds. The topological polar surface area (TPSA) is 110 Å². The highest BCUT2D eigenvalue weighted by Crippen LogP contribution is 2.63. The maximum Gasteiger partial charge on any atom is 0.280 e. The van der Waals surface area contributed by atoms with Gasteiger partial charge in [-0.2, -0.15) is 4.98 Å². The number of nitrogens with one attached hydrogen (secondary N) is 1. The van der Waals surface area contributed by atoms with Crippen LogP contribution in [-0.2, 0) is 0 Å². The number of anilines is 1. The number of hydrogen-bond acceptors (Lipinski definition) is 5. The first-order chi connectivity index (χ1) is 9.53. The predicted molar refractivity (Wildman–Crippen MR) is 73.0 cm³/mol. The molecule has 2 saturated carbocycles. The van der Waals surface area contributed by atoms with E-state index in [-0.39, 0.29) is 34.6 Å². The van der Waals surface area contributed by atoms with E-state index in [2.05, 4.69) is 21.5 Å². The van der Waals surface area contributed by atoms with E-state index in [4.69, 9.17) is 5.73 Å². The maximum atomic E-state index is 11.8. The first kappa shape index (κ1) is 11.7. The largest absolute Gasteiger partial charge is 0.392 e. The van der Waals surface area contributed by atoms with Crippen molar-refractivity contribution in [3.63, 3.8) is 0 Å². The van der Waals surface area contributed by atoms with Gasteiger partial charge in [0.15, 0.2) is 11.2 Å². The Hall–Kier alpha value is -2.15. The van der Waals surface area contributed by atoms with Crippen molar-refractivity contribution in [2.24, 2.45) is 5.41 Å². The highest BCUT2D eigenvalue weighted by atomic mass is 16.3. The van der Waals surface area contributed by atoms with Crippen LogP contribution >= 0.6 is 0 Å². The van der Waals surface area contributed by atoms with Crippen LogP contribution < -0.4 is 11.3 Å². The number of aromatic amines is 1. The van der Waals surface area contributed by atoms with Crippen molar-refractivity contribution in [3.05, 3.63) is 28.8 Å². The summed E-state index contributed by atoms with van der Waals surface area (Å²) in [6, 6.07) is 0.0193. The zero-order chi connectivity index (χ0) is 14.1. The number of nitrogens with two attached hydrogens (primary N) is 1. The van der Waals surface area contributed by atoms with E-state index in [1.54, 1.807) is 6.33 Å². The van der Waals surface area contributed by atoms with Crippen LogP contribution in [0.4, 0.5) is 5.95 Å². The Bertz CT molecular complexity index is 792.